The van der Waals surface area contributed by atoms with Crippen LogP contribution in [0.25, 0.3) is 0 Å². The van der Waals surface area contributed by atoms with Gasteiger partial charge in [0.2, 0.25) is 0 Å². The predicted octanol–water partition coefficient (Wildman–Crippen LogP) is 5.72. The van der Waals surface area contributed by atoms with Crippen molar-refractivity contribution in [2.24, 2.45) is 40.4 Å². The van der Waals surface area contributed by atoms with Crippen molar-refractivity contribution in [1.82, 2.24) is 0 Å². The number of allylic oxidation sites excluding steroid dienone is 1. The van der Waals surface area contributed by atoms with Crippen LogP contribution in [0, 0.1) is 40.4 Å². The Morgan fingerprint density at radius 3 is 2.68 bits per heavy atom. The van der Waals surface area contributed by atoms with Gasteiger partial charge in [-0.25, -0.2) is 0 Å². The molecule has 0 aromatic heterocycles. The number of carbonyl (C=O) groups excluding carboxylic acids is 2. The highest BCUT2D eigenvalue weighted by molar-refractivity contribution is 5.91. The van der Waals surface area contributed by atoms with Crippen molar-refractivity contribution in [3.8, 4) is 0 Å². The van der Waals surface area contributed by atoms with E-state index in [2.05, 4.69) is 20.8 Å². The van der Waals surface area contributed by atoms with Gasteiger partial charge in [0, 0.05) is 12.8 Å². The fraction of sp³-hybridized carbons (Fsp3) is 0.840. The number of hydrogen-bond donors (Lipinski definition) is 0. The van der Waals surface area contributed by atoms with Crippen molar-refractivity contribution in [3.05, 3.63) is 11.6 Å². The summed E-state index contributed by atoms with van der Waals surface area (Å²) in [6, 6.07) is 0. The molecule has 156 valence electrons. The normalized spacial score (nSPS) is 43.4. The van der Waals surface area contributed by atoms with E-state index in [4.69, 9.17) is 4.74 Å². The van der Waals surface area contributed by atoms with Crippen LogP contribution in [-0.2, 0) is 14.3 Å². The van der Waals surface area contributed by atoms with Crippen molar-refractivity contribution in [1.29, 1.82) is 0 Å². The lowest BCUT2D eigenvalue weighted by atomic mass is 9.46. The number of hydrogen-bond acceptors (Lipinski definition) is 3. The molecule has 28 heavy (non-hydrogen) atoms. The zero-order chi connectivity index (χ0) is 20.1. The molecular weight excluding hydrogens is 348 g/mol. The van der Waals surface area contributed by atoms with Crippen LogP contribution < -0.4 is 0 Å². The van der Waals surface area contributed by atoms with Gasteiger partial charge in [-0.15, -0.1) is 0 Å². The van der Waals surface area contributed by atoms with Crippen molar-refractivity contribution in [3.63, 3.8) is 0 Å². The zero-order valence-corrected chi connectivity index (χ0v) is 18.3. The Kier molecular flexibility index (Phi) is 5.25. The van der Waals surface area contributed by atoms with E-state index < -0.39 is 0 Å². The summed E-state index contributed by atoms with van der Waals surface area (Å²) >= 11 is 0. The topological polar surface area (TPSA) is 43.4 Å². The maximum absolute atomic E-state index is 12.0. The number of esters is 1. The number of rotatable bonds is 4. The van der Waals surface area contributed by atoms with E-state index >= 15 is 0 Å². The molecule has 4 rings (SSSR count). The Balaban J connectivity index is 1.51. The van der Waals surface area contributed by atoms with Crippen LogP contribution in [0.15, 0.2) is 11.6 Å². The molecule has 7 atom stereocenters. The van der Waals surface area contributed by atoms with E-state index in [9.17, 15) is 9.59 Å². The Morgan fingerprint density at radius 2 is 1.93 bits per heavy atom. The van der Waals surface area contributed by atoms with Crippen molar-refractivity contribution >= 4 is 11.8 Å². The first-order valence-electron chi connectivity index (χ1n) is 11.6. The molecule has 0 aromatic rings. The molecule has 3 fully saturated rings. The minimum absolute atomic E-state index is 0.0679. The number of ether oxygens (including phenoxy) is 1. The van der Waals surface area contributed by atoms with Crippen LogP contribution in [-0.4, -0.2) is 18.9 Å². The summed E-state index contributed by atoms with van der Waals surface area (Å²) in [5.74, 6) is 4.03. The number of ketones is 1. The van der Waals surface area contributed by atoms with E-state index in [-0.39, 0.29) is 11.4 Å². The molecule has 0 spiro atoms. The summed E-state index contributed by atoms with van der Waals surface area (Å²) in [4.78, 5) is 23.6. The summed E-state index contributed by atoms with van der Waals surface area (Å²) in [6.07, 6.45) is 13.1. The number of fused-ring (bicyclic) bond motifs is 5. The van der Waals surface area contributed by atoms with Crippen molar-refractivity contribution < 1.29 is 14.3 Å². The molecule has 0 bridgehead atoms. The summed E-state index contributed by atoms with van der Waals surface area (Å²) in [7, 11) is 1.49. The van der Waals surface area contributed by atoms with Gasteiger partial charge >= 0.3 is 5.97 Å². The molecule has 0 aliphatic heterocycles. The molecule has 0 amide bonds. The lowest BCUT2D eigenvalue weighted by Crippen LogP contribution is -2.51. The minimum Gasteiger partial charge on any atom is -0.469 e. The average Bonchev–Trinajstić information content (AvgIpc) is 3.03. The molecule has 3 saturated carbocycles. The van der Waals surface area contributed by atoms with Crippen LogP contribution in [0.4, 0.5) is 0 Å². The SMILES string of the molecule is COC(=O)CC[C@H](C)[C@H]1CC[C@H]2[C@H]3CCC4=CC(=O)CC[C@]4(C)[C@@H]3CC[C@]12C. The average molecular weight is 387 g/mol. The predicted molar refractivity (Wildman–Crippen MR) is 111 cm³/mol. The minimum atomic E-state index is -0.0679. The summed E-state index contributed by atoms with van der Waals surface area (Å²) in [5.41, 5.74) is 2.17. The molecular formula is C25H38O3. The Morgan fingerprint density at radius 1 is 1.14 bits per heavy atom. The van der Waals surface area contributed by atoms with Crippen LogP contribution in [0.5, 0.6) is 0 Å². The van der Waals surface area contributed by atoms with Crippen molar-refractivity contribution in [2.45, 2.75) is 85.0 Å². The lowest BCUT2D eigenvalue weighted by Gasteiger charge is -2.58. The van der Waals surface area contributed by atoms with Gasteiger partial charge < -0.3 is 4.74 Å². The third kappa shape index (κ3) is 3.08. The van der Waals surface area contributed by atoms with E-state index in [1.807, 2.05) is 6.08 Å². The van der Waals surface area contributed by atoms with Crippen LogP contribution >= 0.6 is 0 Å². The monoisotopic (exact) mass is 386 g/mol. The van der Waals surface area contributed by atoms with Gasteiger partial charge in [0.1, 0.15) is 0 Å². The molecule has 4 aliphatic carbocycles. The highest BCUT2D eigenvalue weighted by atomic mass is 16.5. The molecule has 0 N–H and O–H groups in total. The summed E-state index contributed by atoms with van der Waals surface area (Å²) in [5, 5.41) is 0. The Labute approximate surface area is 170 Å². The Bertz CT molecular complexity index is 679. The van der Waals surface area contributed by atoms with Gasteiger partial charge in [-0.05, 0) is 97.9 Å². The molecule has 3 nitrogen and oxygen atoms in total. The zero-order valence-electron chi connectivity index (χ0n) is 18.3. The second-order valence-corrected chi connectivity index (χ2v) is 10.8. The highest BCUT2D eigenvalue weighted by Crippen LogP contribution is 2.67. The third-order valence-corrected chi connectivity index (χ3v) is 9.75. The molecule has 0 aromatic carbocycles. The van der Waals surface area contributed by atoms with E-state index in [1.165, 1.54) is 44.8 Å². The second-order valence-electron chi connectivity index (χ2n) is 10.8. The van der Waals surface area contributed by atoms with Gasteiger partial charge in [-0.2, -0.15) is 0 Å². The van der Waals surface area contributed by atoms with E-state index in [1.54, 1.807) is 0 Å². The fourth-order valence-corrected chi connectivity index (χ4v) is 8.18. The van der Waals surface area contributed by atoms with Gasteiger partial charge in [0.25, 0.3) is 0 Å². The van der Waals surface area contributed by atoms with E-state index in [0.29, 0.717) is 23.5 Å². The number of methoxy groups -OCH3 is 1. The molecule has 0 saturated heterocycles. The standard InChI is InChI=1S/C25H38O3/c1-16(5-10-23(27)28-4)20-8-9-21-19-7-6-17-15-18(26)11-13-24(17,2)22(19)12-14-25(20,21)3/h15-16,19-22H,5-14H2,1-4H3/t16-,19+,20+,21-,22+,24-,25+/m0/s1. The summed E-state index contributed by atoms with van der Waals surface area (Å²) in [6.45, 7) is 7.40. The van der Waals surface area contributed by atoms with Crippen LogP contribution in [0.3, 0.4) is 0 Å². The third-order valence-electron chi connectivity index (χ3n) is 9.75. The summed E-state index contributed by atoms with van der Waals surface area (Å²) < 4.78 is 4.87. The largest absolute Gasteiger partial charge is 0.469 e. The van der Waals surface area contributed by atoms with E-state index in [0.717, 1.165) is 49.4 Å². The van der Waals surface area contributed by atoms with Gasteiger partial charge in [0.05, 0.1) is 7.11 Å². The lowest BCUT2D eigenvalue weighted by molar-refractivity contribution is -0.141. The molecule has 3 heteroatoms. The maximum atomic E-state index is 12.0. The first kappa shape index (κ1) is 20.2. The molecule has 4 aliphatic rings. The Hall–Kier alpha value is -1.12. The first-order valence-corrected chi connectivity index (χ1v) is 11.6. The second kappa shape index (κ2) is 7.29. The first-order chi connectivity index (χ1) is 13.3. The van der Waals surface area contributed by atoms with Crippen molar-refractivity contribution in [2.75, 3.05) is 7.11 Å². The quantitative estimate of drug-likeness (QED) is 0.580. The number of carbonyl (C=O) groups is 2. The van der Waals surface area contributed by atoms with Gasteiger partial charge in [0.15, 0.2) is 5.78 Å². The van der Waals surface area contributed by atoms with Gasteiger partial charge in [-0.3, -0.25) is 9.59 Å². The fourth-order valence-electron chi connectivity index (χ4n) is 8.18. The van der Waals surface area contributed by atoms with Gasteiger partial charge in [-0.1, -0.05) is 26.3 Å². The van der Waals surface area contributed by atoms with Crippen LogP contribution in [0.1, 0.15) is 85.0 Å². The molecule has 0 radical (unpaired) electrons. The molecule has 0 unspecified atom stereocenters. The highest BCUT2D eigenvalue weighted by Gasteiger charge is 2.59. The van der Waals surface area contributed by atoms with Crippen LogP contribution in [0.2, 0.25) is 0 Å². The molecule has 0 heterocycles. The maximum Gasteiger partial charge on any atom is 0.305 e. The smallest absolute Gasteiger partial charge is 0.305 e.